The molecular weight excluding hydrogens is 288 g/mol. The lowest BCUT2D eigenvalue weighted by atomic mass is 10.2. The van der Waals surface area contributed by atoms with E-state index in [1.165, 1.54) is 10.9 Å². The standard InChI is InChI=1S/C18H22N4O/c1-21-16(9-12-20-21)7-8-18(23)19-11-4-13-22-14-10-15-5-2-3-6-17(15)22/h2-3,5-6,9-10,12,14H,4,7-8,11,13H2,1H3,(H,19,23). The molecule has 2 heterocycles. The summed E-state index contributed by atoms with van der Waals surface area (Å²) in [5, 5.41) is 8.36. The van der Waals surface area contributed by atoms with Crippen LogP contribution < -0.4 is 5.32 Å². The van der Waals surface area contributed by atoms with Crippen LogP contribution in [-0.4, -0.2) is 26.8 Å². The van der Waals surface area contributed by atoms with E-state index < -0.39 is 0 Å². The molecule has 0 aliphatic heterocycles. The Hall–Kier alpha value is -2.56. The molecule has 0 fully saturated rings. The van der Waals surface area contributed by atoms with Crippen molar-refractivity contribution in [3.05, 3.63) is 54.5 Å². The number of hydrogen-bond acceptors (Lipinski definition) is 2. The van der Waals surface area contributed by atoms with Crippen molar-refractivity contribution in [1.29, 1.82) is 0 Å². The SMILES string of the molecule is Cn1nccc1CCC(=O)NCCCn1ccc2ccccc21. The molecule has 0 aliphatic carbocycles. The lowest BCUT2D eigenvalue weighted by Gasteiger charge is -2.07. The third kappa shape index (κ3) is 3.80. The van der Waals surface area contributed by atoms with Gasteiger partial charge in [0.15, 0.2) is 0 Å². The first-order chi connectivity index (χ1) is 11.2. The van der Waals surface area contributed by atoms with Gasteiger partial charge in [0, 0.05) is 50.2 Å². The van der Waals surface area contributed by atoms with E-state index in [2.05, 4.69) is 51.5 Å². The number of rotatable bonds is 7. The Balaban J connectivity index is 1.39. The van der Waals surface area contributed by atoms with Gasteiger partial charge in [-0.25, -0.2) is 0 Å². The summed E-state index contributed by atoms with van der Waals surface area (Å²) < 4.78 is 4.04. The average Bonchev–Trinajstić information content (AvgIpc) is 3.16. The topological polar surface area (TPSA) is 51.9 Å². The van der Waals surface area contributed by atoms with Crippen LogP contribution in [0.25, 0.3) is 10.9 Å². The number of aryl methyl sites for hydroxylation is 3. The molecule has 0 aliphatic rings. The third-order valence-electron chi connectivity index (χ3n) is 4.11. The number of nitrogens with zero attached hydrogens (tertiary/aromatic N) is 3. The van der Waals surface area contributed by atoms with Crippen LogP contribution in [0.4, 0.5) is 0 Å². The number of aromatic nitrogens is 3. The number of amides is 1. The van der Waals surface area contributed by atoms with E-state index in [0.717, 1.165) is 25.1 Å². The molecule has 23 heavy (non-hydrogen) atoms. The van der Waals surface area contributed by atoms with Crippen molar-refractivity contribution < 1.29 is 4.79 Å². The van der Waals surface area contributed by atoms with Crippen LogP contribution in [0.3, 0.4) is 0 Å². The maximum absolute atomic E-state index is 11.9. The second-order valence-electron chi connectivity index (χ2n) is 5.72. The number of hydrogen-bond donors (Lipinski definition) is 1. The van der Waals surface area contributed by atoms with Crippen LogP contribution in [0.2, 0.25) is 0 Å². The van der Waals surface area contributed by atoms with Crippen LogP contribution in [0.15, 0.2) is 48.8 Å². The van der Waals surface area contributed by atoms with Crippen molar-refractivity contribution in [2.45, 2.75) is 25.8 Å². The first kappa shape index (κ1) is 15.3. The lowest BCUT2D eigenvalue weighted by Crippen LogP contribution is -2.25. The van der Waals surface area contributed by atoms with Crippen molar-refractivity contribution in [1.82, 2.24) is 19.7 Å². The molecule has 2 aromatic heterocycles. The second kappa shape index (κ2) is 7.13. The molecule has 0 radical (unpaired) electrons. The summed E-state index contributed by atoms with van der Waals surface area (Å²) in [6.45, 7) is 1.62. The summed E-state index contributed by atoms with van der Waals surface area (Å²) in [6, 6.07) is 12.4. The zero-order chi connectivity index (χ0) is 16.1. The first-order valence-electron chi connectivity index (χ1n) is 8.01. The molecule has 120 valence electrons. The van der Waals surface area contributed by atoms with Gasteiger partial charge in [0.1, 0.15) is 0 Å². The number of carbonyl (C=O) groups excluding carboxylic acids is 1. The maximum Gasteiger partial charge on any atom is 0.220 e. The van der Waals surface area contributed by atoms with Crippen LogP contribution in [0.5, 0.6) is 0 Å². The fraction of sp³-hybridized carbons (Fsp3) is 0.333. The smallest absolute Gasteiger partial charge is 0.220 e. The summed E-state index contributed by atoms with van der Waals surface area (Å²) in [7, 11) is 1.90. The third-order valence-corrected chi connectivity index (χ3v) is 4.11. The van der Waals surface area contributed by atoms with Crippen molar-refractivity contribution in [3.8, 4) is 0 Å². The lowest BCUT2D eigenvalue weighted by molar-refractivity contribution is -0.121. The van der Waals surface area contributed by atoms with E-state index in [0.29, 0.717) is 13.0 Å². The minimum absolute atomic E-state index is 0.101. The van der Waals surface area contributed by atoms with Gasteiger partial charge >= 0.3 is 0 Å². The monoisotopic (exact) mass is 310 g/mol. The van der Waals surface area contributed by atoms with E-state index >= 15 is 0 Å². The Labute approximate surface area is 135 Å². The van der Waals surface area contributed by atoms with Crippen molar-refractivity contribution in [2.24, 2.45) is 7.05 Å². The van der Waals surface area contributed by atoms with Gasteiger partial charge in [0.25, 0.3) is 0 Å². The Kier molecular flexibility index (Phi) is 4.76. The van der Waals surface area contributed by atoms with Gasteiger partial charge in [0.05, 0.1) is 0 Å². The van der Waals surface area contributed by atoms with Crippen LogP contribution in [-0.2, 0) is 24.8 Å². The molecule has 0 unspecified atom stereocenters. The molecular formula is C18H22N4O. The molecule has 3 aromatic rings. The fourth-order valence-electron chi connectivity index (χ4n) is 2.79. The quantitative estimate of drug-likeness (QED) is 0.682. The van der Waals surface area contributed by atoms with Gasteiger partial charge in [-0.3, -0.25) is 9.48 Å². The van der Waals surface area contributed by atoms with Gasteiger partial charge < -0.3 is 9.88 Å². The predicted octanol–water partition coefficient (Wildman–Crippen LogP) is 2.51. The Morgan fingerprint density at radius 3 is 2.91 bits per heavy atom. The molecule has 1 amide bonds. The van der Waals surface area contributed by atoms with E-state index in [9.17, 15) is 4.79 Å². The molecule has 3 rings (SSSR count). The van der Waals surface area contributed by atoms with Crippen molar-refractivity contribution in [2.75, 3.05) is 6.54 Å². The van der Waals surface area contributed by atoms with Gasteiger partial charge in [-0.15, -0.1) is 0 Å². The van der Waals surface area contributed by atoms with E-state index in [-0.39, 0.29) is 5.91 Å². The van der Waals surface area contributed by atoms with Crippen LogP contribution in [0.1, 0.15) is 18.5 Å². The molecule has 0 saturated carbocycles. The molecule has 1 aromatic carbocycles. The Morgan fingerprint density at radius 1 is 1.22 bits per heavy atom. The van der Waals surface area contributed by atoms with Gasteiger partial charge in [-0.1, -0.05) is 18.2 Å². The number of nitrogens with one attached hydrogen (secondary N) is 1. The van der Waals surface area contributed by atoms with Crippen molar-refractivity contribution >= 4 is 16.8 Å². The van der Waals surface area contributed by atoms with Crippen LogP contribution in [0, 0.1) is 0 Å². The summed E-state index contributed by atoms with van der Waals surface area (Å²) in [5.74, 6) is 0.101. The highest BCUT2D eigenvalue weighted by molar-refractivity contribution is 5.79. The normalized spacial score (nSPS) is 11.0. The molecule has 5 nitrogen and oxygen atoms in total. The summed E-state index contributed by atoms with van der Waals surface area (Å²) in [5.41, 5.74) is 2.33. The highest BCUT2D eigenvalue weighted by Gasteiger charge is 2.05. The maximum atomic E-state index is 11.9. The predicted molar refractivity (Wildman–Crippen MR) is 91.1 cm³/mol. The minimum atomic E-state index is 0.101. The van der Waals surface area contributed by atoms with E-state index in [1.807, 2.05) is 17.8 Å². The van der Waals surface area contributed by atoms with Crippen molar-refractivity contribution in [3.63, 3.8) is 0 Å². The number of para-hydroxylation sites is 1. The summed E-state index contributed by atoms with van der Waals surface area (Å²) >= 11 is 0. The first-order valence-corrected chi connectivity index (χ1v) is 8.01. The zero-order valence-electron chi connectivity index (χ0n) is 13.4. The Morgan fingerprint density at radius 2 is 2.09 bits per heavy atom. The molecule has 0 atom stereocenters. The van der Waals surface area contributed by atoms with Crippen LogP contribution >= 0.6 is 0 Å². The largest absolute Gasteiger partial charge is 0.356 e. The zero-order valence-corrected chi connectivity index (χ0v) is 13.4. The molecule has 0 bridgehead atoms. The summed E-state index contributed by atoms with van der Waals surface area (Å²) in [4.78, 5) is 11.9. The molecule has 0 saturated heterocycles. The van der Waals surface area contributed by atoms with E-state index in [1.54, 1.807) is 6.20 Å². The Bertz CT molecular complexity index is 787. The number of benzene rings is 1. The minimum Gasteiger partial charge on any atom is -0.356 e. The van der Waals surface area contributed by atoms with E-state index in [4.69, 9.17) is 0 Å². The highest BCUT2D eigenvalue weighted by atomic mass is 16.1. The second-order valence-corrected chi connectivity index (χ2v) is 5.72. The highest BCUT2D eigenvalue weighted by Crippen LogP contribution is 2.15. The average molecular weight is 310 g/mol. The number of fused-ring (bicyclic) bond motifs is 1. The number of carbonyl (C=O) groups is 1. The van der Waals surface area contributed by atoms with Gasteiger partial charge in [0.2, 0.25) is 5.91 Å². The van der Waals surface area contributed by atoms with Gasteiger partial charge in [-0.2, -0.15) is 5.10 Å². The molecule has 5 heteroatoms. The molecule has 1 N–H and O–H groups in total. The van der Waals surface area contributed by atoms with Gasteiger partial charge in [-0.05, 0) is 36.4 Å². The summed E-state index contributed by atoms with van der Waals surface area (Å²) in [6.07, 6.45) is 6.02. The molecule has 0 spiro atoms. The fourth-order valence-corrected chi connectivity index (χ4v) is 2.79.